The Bertz CT molecular complexity index is 1510. The van der Waals surface area contributed by atoms with Crippen LogP contribution in [-0.4, -0.2) is 6.61 Å². The van der Waals surface area contributed by atoms with E-state index in [-0.39, 0.29) is 17.9 Å². The summed E-state index contributed by atoms with van der Waals surface area (Å²) in [5.74, 6) is 0.235. The number of ether oxygens (including phenoxy) is 1. The highest BCUT2D eigenvalue weighted by Gasteiger charge is 2.22. The van der Waals surface area contributed by atoms with Gasteiger partial charge in [0.2, 0.25) is 5.82 Å². The van der Waals surface area contributed by atoms with Gasteiger partial charge < -0.3 is 4.74 Å². The van der Waals surface area contributed by atoms with Gasteiger partial charge in [-0.3, -0.25) is 0 Å². The lowest BCUT2D eigenvalue weighted by molar-refractivity contribution is 0.313. The summed E-state index contributed by atoms with van der Waals surface area (Å²) in [5, 5.41) is 1.03. The molecule has 0 radical (unpaired) electrons. The second kappa shape index (κ2) is 11.8. The normalized spacial score (nSPS) is 11.6. The highest BCUT2D eigenvalue weighted by molar-refractivity contribution is 6.00. The fraction of sp³-hybridized carbons (Fsp3) is 0.188. The lowest BCUT2D eigenvalue weighted by Crippen LogP contribution is -2.00. The van der Waals surface area contributed by atoms with Crippen molar-refractivity contribution in [3.8, 4) is 17.6 Å². The zero-order chi connectivity index (χ0) is 26.4. The summed E-state index contributed by atoms with van der Waals surface area (Å²) in [5.41, 5.74) is 1.86. The van der Waals surface area contributed by atoms with Gasteiger partial charge in [0, 0.05) is 16.7 Å². The van der Waals surface area contributed by atoms with E-state index in [4.69, 9.17) is 4.74 Å². The van der Waals surface area contributed by atoms with Crippen LogP contribution >= 0.6 is 0 Å². The summed E-state index contributed by atoms with van der Waals surface area (Å²) in [6, 6.07) is 20.0. The summed E-state index contributed by atoms with van der Waals surface area (Å²) in [6.45, 7) is 3.87. The van der Waals surface area contributed by atoms with Crippen LogP contribution < -0.4 is 4.74 Å². The molecule has 0 spiro atoms. The molecule has 0 saturated heterocycles. The number of aryl methyl sites for hydroxylation is 1. The first kappa shape index (κ1) is 26.0. The predicted octanol–water partition coefficient (Wildman–Crippen LogP) is 9.02. The third kappa shape index (κ3) is 5.70. The number of benzene rings is 4. The van der Waals surface area contributed by atoms with Gasteiger partial charge in [0.15, 0.2) is 23.2 Å². The molecular formula is C32H26F4O. The van der Waals surface area contributed by atoms with Crippen LogP contribution in [0, 0.1) is 23.5 Å². The zero-order valence-electron chi connectivity index (χ0n) is 20.7. The third-order valence-corrected chi connectivity index (χ3v) is 6.05. The number of hydrogen-bond donors (Lipinski definition) is 0. The average molecular weight is 503 g/mol. The number of halogens is 4. The van der Waals surface area contributed by atoms with E-state index in [1.165, 1.54) is 11.6 Å². The Balaban J connectivity index is 1.72. The minimum absolute atomic E-state index is 0.0763. The van der Waals surface area contributed by atoms with Crippen LogP contribution in [-0.2, 0) is 6.42 Å². The van der Waals surface area contributed by atoms with E-state index in [1.807, 2.05) is 12.1 Å². The first-order valence-electron chi connectivity index (χ1n) is 12.2. The van der Waals surface area contributed by atoms with Gasteiger partial charge in [0.1, 0.15) is 0 Å². The first-order chi connectivity index (χ1) is 17.9. The lowest BCUT2D eigenvalue weighted by atomic mass is 9.97. The second-order valence-corrected chi connectivity index (χ2v) is 8.56. The maximum Gasteiger partial charge on any atom is 0.201 e. The van der Waals surface area contributed by atoms with Crippen LogP contribution in [0.4, 0.5) is 17.6 Å². The number of rotatable bonds is 7. The van der Waals surface area contributed by atoms with Crippen molar-refractivity contribution >= 4 is 22.4 Å². The first-order valence-corrected chi connectivity index (χ1v) is 12.2. The summed E-state index contributed by atoms with van der Waals surface area (Å²) in [7, 11) is 0. The maximum absolute atomic E-state index is 15.4. The Morgan fingerprint density at radius 3 is 2.11 bits per heavy atom. The molecule has 0 heterocycles. The fourth-order valence-corrected chi connectivity index (χ4v) is 4.08. The molecule has 0 aliphatic heterocycles. The monoisotopic (exact) mass is 502 g/mol. The van der Waals surface area contributed by atoms with Crippen LogP contribution in [0.5, 0.6) is 5.75 Å². The molecule has 5 heteroatoms. The molecule has 188 valence electrons. The highest BCUT2D eigenvalue weighted by Crippen LogP contribution is 2.36. The standard InChI is InChI=1S/C32H26F4O/c1-3-5-8-21-11-13-22(14-12-21)15-16-23-17-18-26(25-10-7-6-9-24(23)25)29(33)30(34)27-19-20-28(37-4-2)32(36)31(27)35/h6-7,9-14,17-20H,3-5,8H2,1-2H3. The molecule has 0 unspecified atom stereocenters. The summed E-state index contributed by atoms with van der Waals surface area (Å²) >= 11 is 0. The molecule has 4 aromatic rings. The molecule has 0 fully saturated rings. The summed E-state index contributed by atoms with van der Waals surface area (Å²) in [6.07, 6.45) is 3.30. The molecule has 0 saturated carbocycles. The molecule has 4 rings (SSSR count). The van der Waals surface area contributed by atoms with Crippen molar-refractivity contribution in [1.82, 2.24) is 0 Å². The molecule has 0 amide bonds. The van der Waals surface area contributed by atoms with Crippen molar-refractivity contribution in [3.63, 3.8) is 0 Å². The molecule has 0 atom stereocenters. The molecule has 37 heavy (non-hydrogen) atoms. The number of fused-ring (bicyclic) bond motifs is 1. The lowest BCUT2D eigenvalue weighted by Gasteiger charge is -2.10. The summed E-state index contributed by atoms with van der Waals surface area (Å²) < 4.78 is 64.2. The minimum Gasteiger partial charge on any atom is -0.491 e. The second-order valence-electron chi connectivity index (χ2n) is 8.56. The quantitative estimate of drug-likeness (QED) is 0.139. The number of hydrogen-bond acceptors (Lipinski definition) is 1. The maximum atomic E-state index is 15.4. The van der Waals surface area contributed by atoms with E-state index in [0.29, 0.717) is 16.3 Å². The predicted molar refractivity (Wildman–Crippen MR) is 142 cm³/mol. The average Bonchev–Trinajstić information content (AvgIpc) is 2.93. The Morgan fingerprint density at radius 2 is 1.41 bits per heavy atom. The third-order valence-electron chi connectivity index (χ3n) is 6.05. The van der Waals surface area contributed by atoms with Crippen molar-refractivity contribution in [3.05, 3.63) is 112 Å². The van der Waals surface area contributed by atoms with E-state index in [0.717, 1.165) is 37.0 Å². The van der Waals surface area contributed by atoms with Crippen LogP contribution in [0.25, 0.3) is 22.4 Å². The zero-order valence-corrected chi connectivity index (χ0v) is 20.7. The smallest absolute Gasteiger partial charge is 0.201 e. The van der Waals surface area contributed by atoms with Crippen molar-refractivity contribution < 1.29 is 22.3 Å². The molecule has 4 aromatic carbocycles. The van der Waals surface area contributed by atoms with E-state index < -0.39 is 28.9 Å². The van der Waals surface area contributed by atoms with Gasteiger partial charge in [0.05, 0.1) is 12.2 Å². The van der Waals surface area contributed by atoms with Crippen LogP contribution in [0.2, 0.25) is 0 Å². The Hall–Kier alpha value is -4.04. The van der Waals surface area contributed by atoms with Crippen molar-refractivity contribution in [1.29, 1.82) is 0 Å². The van der Waals surface area contributed by atoms with Crippen LogP contribution in [0.3, 0.4) is 0 Å². The van der Waals surface area contributed by atoms with Gasteiger partial charge in [-0.15, -0.1) is 0 Å². The molecule has 0 aliphatic rings. The molecule has 0 aromatic heterocycles. The van der Waals surface area contributed by atoms with Gasteiger partial charge in [-0.25, -0.2) is 13.2 Å². The van der Waals surface area contributed by atoms with E-state index in [9.17, 15) is 8.78 Å². The van der Waals surface area contributed by atoms with Gasteiger partial charge in [-0.2, -0.15) is 4.39 Å². The largest absolute Gasteiger partial charge is 0.491 e. The molecular weight excluding hydrogens is 476 g/mol. The summed E-state index contributed by atoms with van der Waals surface area (Å²) in [4.78, 5) is 0. The van der Waals surface area contributed by atoms with E-state index in [2.05, 4.69) is 30.9 Å². The number of unbranched alkanes of at least 4 members (excludes halogenated alkanes) is 1. The van der Waals surface area contributed by atoms with Gasteiger partial charge in [0.25, 0.3) is 0 Å². The molecule has 0 N–H and O–H groups in total. The van der Waals surface area contributed by atoms with Gasteiger partial charge in [-0.05, 0) is 66.4 Å². The molecule has 0 aliphatic carbocycles. The Labute approximate surface area is 214 Å². The SMILES string of the molecule is CCCCc1ccc(C#Cc2ccc(C(F)=C(F)c3ccc(OCC)c(F)c3F)c3ccccc23)cc1. The van der Waals surface area contributed by atoms with E-state index in [1.54, 1.807) is 37.3 Å². The van der Waals surface area contributed by atoms with Crippen molar-refractivity contribution in [2.45, 2.75) is 33.1 Å². The fourth-order valence-electron chi connectivity index (χ4n) is 4.08. The minimum atomic E-state index is -1.51. The van der Waals surface area contributed by atoms with Crippen LogP contribution in [0.15, 0.2) is 72.8 Å². The molecule has 1 nitrogen and oxygen atoms in total. The molecule has 0 bridgehead atoms. The topological polar surface area (TPSA) is 9.23 Å². The van der Waals surface area contributed by atoms with Crippen molar-refractivity contribution in [2.24, 2.45) is 0 Å². The van der Waals surface area contributed by atoms with E-state index >= 15 is 8.78 Å². The Morgan fingerprint density at radius 1 is 0.730 bits per heavy atom. The highest BCUT2D eigenvalue weighted by atomic mass is 19.2. The van der Waals surface area contributed by atoms with Crippen LogP contribution in [0.1, 0.15) is 54.5 Å². The van der Waals surface area contributed by atoms with Gasteiger partial charge >= 0.3 is 0 Å². The van der Waals surface area contributed by atoms with Crippen molar-refractivity contribution in [2.75, 3.05) is 6.61 Å². The van der Waals surface area contributed by atoms with Gasteiger partial charge in [-0.1, -0.05) is 67.6 Å². The Kier molecular flexibility index (Phi) is 8.30.